The lowest BCUT2D eigenvalue weighted by Gasteiger charge is -2.34. The fourth-order valence-electron chi connectivity index (χ4n) is 3.65. The van der Waals surface area contributed by atoms with Crippen LogP contribution in [-0.2, 0) is 4.79 Å². The van der Waals surface area contributed by atoms with Crippen LogP contribution in [0.25, 0.3) is 0 Å². The van der Waals surface area contributed by atoms with Gasteiger partial charge in [0.15, 0.2) is 0 Å². The summed E-state index contributed by atoms with van der Waals surface area (Å²) in [5.41, 5.74) is 2.51. The number of nitrogens with zero attached hydrogens (tertiary/aromatic N) is 3. The Hall–Kier alpha value is -1.92. The van der Waals surface area contributed by atoms with E-state index in [0.717, 1.165) is 37.5 Å². The van der Waals surface area contributed by atoms with Gasteiger partial charge < -0.3 is 9.80 Å². The van der Waals surface area contributed by atoms with Crippen molar-refractivity contribution in [2.75, 3.05) is 19.6 Å². The van der Waals surface area contributed by atoms with E-state index in [2.05, 4.69) is 43.7 Å². The Kier molecular flexibility index (Phi) is 8.25. The van der Waals surface area contributed by atoms with Gasteiger partial charge in [-0.1, -0.05) is 40.5 Å². The molecule has 0 aromatic rings. The van der Waals surface area contributed by atoms with Gasteiger partial charge in [0, 0.05) is 25.4 Å². The highest BCUT2D eigenvalue weighted by atomic mass is 16.5. The number of hydrogen-bond donors (Lipinski definition) is 2. The Labute approximate surface area is 163 Å². The van der Waals surface area contributed by atoms with Crippen molar-refractivity contribution in [3.05, 3.63) is 36.1 Å². The normalized spacial score (nSPS) is 21.8. The Balaban J connectivity index is 2.15. The minimum Gasteiger partial charge on any atom is -0.327 e. The molecule has 0 aliphatic carbocycles. The third kappa shape index (κ3) is 6.04. The van der Waals surface area contributed by atoms with Gasteiger partial charge in [0.1, 0.15) is 5.84 Å². The zero-order chi connectivity index (χ0) is 19.8. The van der Waals surface area contributed by atoms with E-state index in [-0.39, 0.29) is 0 Å². The number of aliphatic imine (C=N–C) groups is 1. The molecular formula is C21H34N4O2. The van der Waals surface area contributed by atoms with Crippen LogP contribution in [-0.4, -0.2) is 58.5 Å². The molecule has 0 aromatic heterocycles. The minimum absolute atomic E-state index is 0.297. The number of carbonyl (C=O) groups is 1. The van der Waals surface area contributed by atoms with Gasteiger partial charge in [-0.25, -0.2) is 5.48 Å². The average Bonchev–Trinajstić information content (AvgIpc) is 2.99. The van der Waals surface area contributed by atoms with Crippen molar-refractivity contribution in [2.45, 2.75) is 59.0 Å². The van der Waals surface area contributed by atoms with Crippen molar-refractivity contribution in [2.24, 2.45) is 10.9 Å². The lowest BCUT2D eigenvalue weighted by Crippen LogP contribution is -2.46. The van der Waals surface area contributed by atoms with Crippen LogP contribution in [0.1, 0.15) is 47.0 Å². The molecule has 2 atom stereocenters. The molecule has 0 radical (unpaired) electrons. The average molecular weight is 375 g/mol. The number of nitrogens with one attached hydrogen (secondary N) is 1. The second kappa shape index (κ2) is 10.4. The van der Waals surface area contributed by atoms with Gasteiger partial charge in [-0.3, -0.25) is 15.0 Å². The summed E-state index contributed by atoms with van der Waals surface area (Å²) in [7, 11) is 0. The molecule has 6 nitrogen and oxygen atoms in total. The lowest BCUT2D eigenvalue weighted by atomic mass is 10.0. The highest BCUT2D eigenvalue weighted by Crippen LogP contribution is 2.27. The summed E-state index contributed by atoms with van der Waals surface area (Å²) in [6.45, 7) is 12.1. The third-order valence-corrected chi connectivity index (χ3v) is 4.99. The van der Waals surface area contributed by atoms with Crippen LogP contribution in [0, 0.1) is 5.92 Å². The molecule has 2 unspecified atom stereocenters. The molecule has 0 fully saturated rings. The highest BCUT2D eigenvalue weighted by Gasteiger charge is 2.35. The second-order valence-corrected chi connectivity index (χ2v) is 7.69. The van der Waals surface area contributed by atoms with E-state index in [4.69, 9.17) is 10.2 Å². The monoisotopic (exact) mass is 374 g/mol. The fourth-order valence-corrected chi connectivity index (χ4v) is 3.65. The molecule has 150 valence electrons. The predicted molar refractivity (Wildman–Crippen MR) is 110 cm³/mol. The van der Waals surface area contributed by atoms with Gasteiger partial charge in [0.05, 0.1) is 12.1 Å². The number of hydroxylamine groups is 1. The molecule has 1 amide bonds. The number of hydrogen-bond acceptors (Lipinski definition) is 5. The first-order valence-corrected chi connectivity index (χ1v) is 10.1. The van der Waals surface area contributed by atoms with Crippen LogP contribution in [0.2, 0.25) is 0 Å². The fraction of sp³-hybridized carbons (Fsp3) is 0.619. The summed E-state index contributed by atoms with van der Waals surface area (Å²) in [6, 6.07) is 0.648. The molecule has 2 heterocycles. The molecule has 2 aliphatic heterocycles. The van der Waals surface area contributed by atoms with Gasteiger partial charge in [-0.15, -0.1) is 0 Å². The Morgan fingerprint density at radius 2 is 2.22 bits per heavy atom. The Bertz CT molecular complexity index is 622. The number of allylic oxidation sites excluding steroid dienone is 3. The van der Waals surface area contributed by atoms with Crippen molar-refractivity contribution in [1.29, 1.82) is 0 Å². The van der Waals surface area contributed by atoms with Crippen LogP contribution >= 0.6 is 0 Å². The van der Waals surface area contributed by atoms with Gasteiger partial charge >= 0.3 is 0 Å². The third-order valence-electron chi connectivity index (χ3n) is 4.99. The van der Waals surface area contributed by atoms with Crippen molar-refractivity contribution in [1.82, 2.24) is 15.3 Å². The summed E-state index contributed by atoms with van der Waals surface area (Å²) in [6.07, 6.45) is 12.5. The van der Waals surface area contributed by atoms with Crippen molar-refractivity contribution in [3.63, 3.8) is 0 Å². The zero-order valence-corrected chi connectivity index (χ0v) is 17.1. The number of likely N-dealkylation sites (N-methyl/N-ethyl adjacent to an activating group) is 1. The summed E-state index contributed by atoms with van der Waals surface area (Å²) in [5, 5.41) is 8.61. The first kappa shape index (κ1) is 21.4. The SMILES string of the molecule is CCCCC1N=C2C=C(/C=C/C(=O)NO)C=CN2C1CN(CC)CC(C)C. The van der Waals surface area contributed by atoms with Crippen LogP contribution < -0.4 is 5.48 Å². The van der Waals surface area contributed by atoms with Gasteiger partial charge in [-0.05, 0) is 42.7 Å². The Morgan fingerprint density at radius 3 is 2.85 bits per heavy atom. The number of rotatable bonds is 10. The maximum Gasteiger partial charge on any atom is 0.267 e. The first-order chi connectivity index (χ1) is 13.0. The van der Waals surface area contributed by atoms with Gasteiger partial charge in [0.2, 0.25) is 0 Å². The van der Waals surface area contributed by atoms with Gasteiger partial charge in [-0.2, -0.15) is 0 Å². The summed E-state index contributed by atoms with van der Waals surface area (Å²) in [5.74, 6) is 1.08. The van der Waals surface area contributed by atoms with Crippen molar-refractivity contribution in [3.8, 4) is 0 Å². The van der Waals surface area contributed by atoms with E-state index in [1.165, 1.54) is 18.9 Å². The smallest absolute Gasteiger partial charge is 0.267 e. The summed E-state index contributed by atoms with van der Waals surface area (Å²) < 4.78 is 0. The largest absolute Gasteiger partial charge is 0.327 e. The van der Waals surface area contributed by atoms with Crippen LogP contribution in [0.3, 0.4) is 0 Å². The molecule has 0 aromatic carbocycles. The van der Waals surface area contributed by atoms with Gasteiger partial charge in [0.25, 0.3) is 5.91 Å². The van der Waals surface area contributed by atoms with Crippen LogP contribution in [0.5, 0.6) is 0 Å². The van der Waals surface area contributed by atoms with E-state index in [1.807, 2.05) is 12.2 Å². The van der Waals surface area contributed by atoms with Crippen LogP contribution in [0.4, 0.5) is 0 Å². The van der Waals surface area contributed by atoms with E-state index < -0.39 is 5.91 Å². The second-order valence-electron chi connectivity index (χ2n) is 7.69. The van der Waals surface area contributed by atoms with E-state index >= 15 is 0 Å². The van der Waals surface area contributed by atoms with Crippen molar-refractivity contribution >= 4 is 11.7 Å². The molecular weight excluding hydrogens is 340 g/mol. The Morgan fingerprint density at radius 1 is 1.44 bits per heavy atom. The first-order valence-electron chi connectivity index (χ1n) is 10.1. The van der Waals surface area contributed by atoms with E-state index in [0.29, 0.717) is 18.0 Å². The quantitative estimate of drug-likeness (QED) is 0.350. The zero-order valence-electron chi connectivity index (χ0n) is 17.1. The standard InChI is InChI=1S/C21H34N4O2/c1-5-7-8-18-19(15-24(6-2)14-16(3)4)25-12-11-17(13-20(25)22-18)9-10-21(26)23-27/h9-13,16,18-19,27H,5-8,14-15H2,1-4H3,(H,23,26)/b10-9+. The number of fused-ring (bicyclic) bond motifs is 1. The molecule has 0 saturated carbocycles. The van der Waals surface area contributed by atoms with Crippen LogP contribution in [0.15, 0.2) is 41.1 Å². The summed E-state index contributed by atoms with van der Waals surface area (Å²) in [4.78, 5) is 21.0. The molecule has 2 rings (SSSR count). The summed E-state index contributed by atoms with van der Waals surface area (Å²) >= 11 is 0. The molecule has 2 N–H and O–H groups in total. The highest BCUT2D eigenvalue weighted by molar-refractivity contribution is 5.98. The molecule has 27 heavy (non-hydrogen) atoms. The van der Waals surface area contributed by atoms with Crippen molar-refractivity contribution < 1.29 is 10.0 Å². The maximum absolute atomic E-state index is 11.2. The number of amidine groups is 1. The molecule has 0 saturated heterocycles. The molecule has 6 heteroatoms. The number of carbonyl (C=O) groups excluding carboxylic acids is 1. The predicted octanol–water partition coefficient (Wildman–Crippen LogP) is 3.12. The molecule has 0 bridgehead atoms. The maximum atomic E-state index is 11.2. The van der Waals surface area contributed by atoms with E-state index in [9.17, 15) is 4.79 Å². The lowest BCUT2D eigenvalue weighted by molar-refractivity contribution is -0.124. The topological polar surface area (TPSA) is 68.2 Å². The molecule has 0 spiro atoms. The molecule has 2 aliphatic rings. The minimum atomic E-state index is -0.536. The number of amides is 1. The van der Waals surface area contributed by atoms with E-state index in [1.54, 1.807) is 11.6 Å². The number of unbranched alkanes of at least 4 members (excludes halogenated alkanes) is 1.